The first-order valence-electron chi connectivity index (χ1n) is 10.3. The minimum absolute atomic E-state index is 0.0386. The molecule has 5 heterocycles. The molecule has 1 fully saturated rings. The average Bonchev–Trinajstić information content (AvgIpc) is 3.31. The number of aryl methyl sites for hydroxylation is 1. The van der Waals surface area contributed by atoms with E-state index >= 15 is 4.39 Å². The zero-order valence-electron chi connectivity index (χ0n) is 17.6. The van der Waals surface area contributed by atoms with Crippen molar-refractivity contribution in [2.75, 3.05) is 20.3 Å². The summed E-state index contributed by atoms with van der Waals surface area (Å²) in [6.45, 7) is 1.16. The summed E-state index contributed by atoms with van der Waals surface area (Å²) in [6.07, 6.45) is 4.75. The van der Waals surface area contributed by atoms with Crippen LogP contribution in [0.5, 0.6) is 0 Å². The Balaban J connectivity index is 1.91. The van der Waals surface area contributed by atoms with E-state index in [0.29, 0.717) is 35.5 Å². The smallest absolute Gasteiger partial charge is 0.360 e. The molecule has 0 bridgehead atoms. The largest absolute Gasteiger partial charge is 0.464 e. The van der Waals surface area contributed by atoms with Crippen LogP contribution < -0.4 is 0 Å². The zero-order valence-corrected chi connectivity index (χ0v) is 19.2. The summed E-state index contributed by atoms with van der Waals surface area (Å²) in [4.78, 5) is 21.7. The molecule has 1 aliphatic heterocycles. The number of fused-ring (bicyclic) bond motifs is 3. The Morgan fingerprint density at radius 2 is 2.09 bits per heavy atom. The van der Waals surface area contributed by atoms with Gasteiger partial charge in [-0.3, -0.25) is 14.6 Å². The molecule has 0 N–H and O–H groups in total. The standard InChI is InChI=1S/C22H21BrFN5O3/c1-28-20-17-15(10-13(23)11-26-17)29(21(20)18(27-28)22(30)31-2)19(12-5-8-32-9-6-12)16-14(24)4-3-7-25-16/h3-4,7,10-12,19H,5-6,8-9H2,1-2H3/t19-/m1/s1. The van der Waals surface area contributed by atoms with Crippen molar-refractivity contribution in [2.45, 2.75) is 18.9 Å². The van der Waals surface area contributed by atoms with Crippen LogP contribution in [0.1, 0.15) is 35.1 Å². The number of ether oxygens (including phenoxy) is 2. The van der Waals surface area contributed by atoms with Gasteiger partial charge < -0.3 is 14.0 Å². The van der Waals surface area contributed by atoms with E-state index in [-0.39, 0.29) is 11.6 Å². The molecular formula is C22H21BrFN5O3. The van der Waals surface area contributed by atoms with Crippen LogP contribution in [0.2, 0.25) is 0 Å². The van der Waals surface area contributed by atoms with E-state index < -0.39 is 17.8 Å². The first-order chi connectivity index (χ1) is 15.5. The number of esters is 1. The predicted molar refractivity (Wildman–Crippen MR) is 119 cm³/mol. The van der Waals surface area contributed by atoms with Crippen LogP contribution in [-0.2, 0) is 16.5 Å². The van der Waals surface area contributed by atoms with Crippen LogP contribution in [-0.4, -0.2) is 50.6 Å². The van der Waals surface area contributed by atoms with Gasteiger partial charge in [0.2, 0.25) is 0 Å². The number of hydrogen-bond acceptors (Lipinski definition) is 6. The summed E-state index contributed by atoms with van der Waals surface area (Å²) in [7, 11) is 3.08. The normalized spacial score (nSPS) is 16.0. The molecule has 0 saturated carbocycles. The molecule has 0 radical (unpaired) electrons. The summed E-state index contributed by atoms with van der Waals surface area (Å²) in [5.74, 6) is -0.923. The van der Waals surface area contributed by atoms with E-state index in [0.717, 1.165) is 22.8 Å². The van der Waals surface area contributed by atoms with Gasteiger partial charge in [0.15, 0.2) is 5.69 Å². The number of carbonyl (C=O) groups is 1. The highest BCUT2D eigenvalue weighted by Crippen LogP contribution is 2.41. The molecule has 10 heteroatoms. The lowest BCUT2D eigenvalue weighted by Gasteiger charge is -2.32. The Morgan fingerprint density at radius 3 is 2.81 bits per heavy atom. The van der Waals surface area contributed by atoms with E-state index in [1.165, 1.54) is 13.2 Å². The van der Waals surface area contributed by atoms with Crippen LogP contribution in [0.3, 0.4) is 0 Å². The first-order valence-corrected chi connectivity index (χ1v) is 11.1. The molecule has 0 unspecified atom stereocenters. The third kappa shape index (κ3) is 3.29. The quantitative estimate of drug-likeness (QED) is 0.392. The molecule has 1 saturated heterocycles. The lowest BCUT2D eigenvalue weighted by molar-refractivity contribution is 0.0539. The Hall–Kier alpha value is -2.85. The number of hydrogen-bond donors (Lipinski definition) is 0. The van der Waals surface area contributed by atoms with Crippen molar-refractivity contribution in [3.63, 3.8) is 0 Å². The number of aromatic nitrogens is 5. The van der Waals surface area contributed by atoms with Crippen LogP contribution in [0.25, 0.3) is 22.1 Å². The second-order valence-electron chi connectivity index (χ2n) is 7.82. The van der Waals surface area contributed by atoms with Crippen molar-refractivity contribution < 1.29 is 18.7 Å². The van der Waals surface area contributed by atoms with E-state index in [4.69, 9.17) is 9.47 Å². The van der Waals surface area contributed by atoms with Gasteiger partial charge in [-0.15, -0.1) is 0 Å². The molecule has 166 valence electrons. The van der Waals surface area contributed by atoms with Crippen LogP contribution >= 0.6 is 15.9 Å². The van der Waals surface area contributed by atoms with Gasteiger partial charge in [0.1, 0.15) is 22.4 Å². The fraction of sp³-hybridized carbons (Fsp3) is 0.364. The number of carbonyl (C=O) groups excluding carboxylic acids is 1. The second kappa shape index (κ2) is 8.25. The lowest BCUT2D eigenvalue weighted by Crippen LogP contribution is -2.28. The molecular weight excluding hydrogens is 481 g/mol. The van der Waals surface area contributed by atoms with E-state index in [1.54, 1.807) is 30.2 Å². The molecule has 0 spiro atoms. The van der Waals surface area contributed by atoms with E-state index in [2.05, 4.69) is 31.0 Å². The molecule has 32 heavy (non-hydrogen) atoms. The monoisotopic (exact) mass is 501 g/mol. The fourth-order valence-electron chi connectivity index (χ4n) is 4.65. The highest BCUT2D eigenvalue weighted by molar-refractivity contribution is 9.10. The molecule has 1 atom stereocenters. The van der Waals surface area contributed by atoms with Gasteiger partial charge in [-0.2, -0.15) is 5.10 Å². The minimum Gasteiger partial charge on any atom is -0.464 e. The van der Waals surface area contributed by atoms with Crippen molar-refractivity contribution in [2.24, 2.45) is 13.0 Å². The van der Waals surface area contributed by atoms with Crippen molar-refractivity contribution in [1.29, 1.82) is 0 Å². The number of nitrogens with zero attached hydrogens (tertiary/aromatic N) is 5. The summed E-state index contributed by atoms with van der Waals surface area (Å²) in [6, 6.07) is 4.43. The van der Waals surface area contributed by atoms with Crippen LogP contribution in [0.15, 0.2) is 35.1 Å². The maximum atomic E-state index is 15.2. The van der Waals surface area contributed by atoms with Gasteiger partial charge in [-0.25, -0.2) is 9.18 Å². The zero-order chi connectivity index (χ0) is 22.4. The van der Waals surface area contributed by atoms with Gasteiger partial charge in [-0.1, -0.05) is 0 Å². The molecule has 1 aliphatic rings. The summed E-state index contributed by atoms with van der Waals surface area (Å²) >= 11 is 3.51. The molecule has 0 amide bonds. The lowest BCUT2D eigenvalue weighted by atomic mass is 9.88. The second-order valence-corrected chi connectivity index (χ2v) is 8.73. The van der Waals surface area contributed by atoms with E-state index in [1.807, 2.05) is 10.6 Å². The van der Waals surface area contributed by atoms with Crippen molar-refractivity contribution in [1.82, 2.24) is 24.3 Å². The molecule has 5 rings (SSSR count). The summed E-state index contributed by atoms with van der Waals surface area (Å²) in [5.41, 5.74) is 3.14. The number of methoxy groups -OCH3 is 1. The van der Waals surface area contributed by atoms with Crippen molar-refractivity contribution >= 4 is 44.0 Å². The Bertz CT molecular complexity index is 1330. The molecule has 8 nitrogen and oxygen atoms in total. The number of rotatable bonds is 4. The molecule has 4 aromatic heterocycles. The highest BCUT2D eigenvalue weighted by atomic mass is 79.9. The summed E-state index contributed by atoms with van der Waals surface area (Å²) < 4.78 is 30.1. The maximum Gasteiger partial charge on any atom is 0.360 e. The van der Waals surface area contributed by atoms with E-state index in [9.17, 15) is 4.79 Å². The topological polar surface area (TPSA) is 84.1 Å². The Kier molecular flexibility index (Phi) is 5.42. The first kappa shape index (κ1) is 21.0. The predicted octanol–water partition coefficient (Wildman–Crippen LogP) is 4.02. The maximum absolute atomic E-state index is 15.2. The minimum atomic E-state index is -0.564. The fourth-order valence-corrected chi connectivity index (χ4v) is 4.97. The van der Waals surface area contributed by atoms with Gasteiger partial charge >= 0.3 is 5.97 Å². The Labute approximate surface area is 191 Å². The average molecular weight is 502 g/mol. The molecule has 4 aromatic rings. The highest BCUT2D eigenvalue weighted by Gasteiger charge is 2.35. The Morgan fingerprint density at radius 1 is 1.31 bits per heavy atom. The van der Waals surface area contributed by atoms with Crippen molar-refractivity contribution in [3.8, 4) is 0 Å². The van der Waals surface area contributed by atoms with Crippen molar-refractivity contribution in [3.05, 3.63) is 52.3 Å². The van der Waals surface area contributed by atoms with Gasteiger partial charge in [-0.05, 0) is 52.9 Å². The molecule has 0 aliphatic carbocycles. The van der Waals surface area contributed by atoms with Gasteiger partial charge in [0.25, 0.3) is 0 Å². The van der Waals surface area contributed by atoms with Crippen LogP contribution in [0.4, 0.5) is 4.39 Å². The van der Waals surface area contributed by atoms with Crippen LogP contribution in [0, 0.1) is 11.7 Å². The number of pyridine rings is 2. The number of halogens is 2. The third-order valence-corrected chi connectivity index (χ3v) is 6.45. The SMILES string of the molecule is COC(=O)c1nn(C)c2c3ncc(Br)cc3n([C@@H](c3ncccc3F)C3CCOCC3)c12. The van der Waals surface area contributed by atoms with Gasteiger partial charge in [0.05, 0.1) is 24.4 Å². The molecule has 0 aromatic carbocycles. The third-order valence-electron chi connectivity index (χ3n) is 6.02. The summed E-state index contributed by atoms with van der Waals surface area (Å²) in [5, 5.41) is 4.43. The van der Waals surface area contributed by atoms with Gasteiger partial charge in [0, 0.05) is 37.1 Å².